The number of likely N-dealkylation sites (tertiary alicyclic amines) is 1. The summed E-state index contributed by atoms with van der Waals surface area (Å²) in [6.45, 7) is 1.96. The highest BCUT2D eigenvalue weighted by Crippen LogP contribution is 2.25. The number of amides is 2. The van der Waals surface area contributed by atoms with Gasteiger partial charge in [-0.2, -0.15) is 0 Å². The number of nitrogens with one attached hydrogen (secondary N) is 1. The van der Waals surface area contributed by atoms with E-state index in [0.29, 0.717) is 31.9 Å². The van der Waals surface area contributed by atoms with Crippen molar-refractivity contribution in [1.29, 1.82) is 0 Å². The quantitative estimate of drug-likeness (QED) is 0.823. The lowest BCUT2D eigenvalue weighted by Gasteiger charge is -2.32. The molecule has 6 heteroatoms. The number of hydrogen-bond donors (Lipinski definition) is 2. The van der Waals surface area contributed by atoms with E-state index in [9.17, 15) is 9.59 Å². The first-order chi connectivity index (χ1) is 12.7. The zero-order chi connectivity index (χ0) is 18.4. The van der Waals surface area contributed by atoms with E-state index in [1.165, 1.54) is 0 Å². The molecule has 2 aromatic rings. The van der Waals surface area contributed by atoms with Crippen LogP contribution in [0.5, 0.6) is 5.75 Å². The molecule has 1 saturated heterocycles. The van der Waals surface area contributed by atoms with Crippen molar-refractivity contribution in [3.05, 3.63) is 42.5 Å². The maximum atomic E-state index is 12.5. The molecule has 138 valence electrons. The molecule has 1 heterocycles. The van der Waals surface area contributed by atoms with Gasteiger partial charge in [0.15, 0.2) is 6.61 Å². The number of nitrogens with zero attached hydrogens (tertiary/aromatic N) is 1. The Bertz CT molecular complexity index is 772. The van der Waals surface area contributed by atoms with E-state index in [1.54, 1.807) is 4.90 Å². The minimum atomic E-state index is -0.170. The molecule has 1 aliphatic heterocycles. The minimum absolute atomic E-state index is 0.0227. The highest BCUT2D eigenvalue weighted by molar-refractivity contribution is 5.88. The van der Waals surface area contributed by atoms with Gasteiger partial charge in [0.25, 0.3) is 5.91 Å². The van der Waals surface area contributed by atoms with Crippen molar-refractivity contribution in [2.45, 2.75) is 12.8 Å². The molecule has 0 saturated carbocycles. The van der Waals surface area contributed by atoms with Gasteiger partial charge in [-0.15, -0.1) is 0 Å². The van der Waals surface area contributed by atoms with Gasteiger partial charge in [-0.3, -0.25) is 9.59 Å². The first-order valence-electron chi connectivity index (χ1n) is 9.05. The molecule has 2 amide bonds. The van der Waals surface area contributed by atoms with Crippen molar-refractivity contribution < 1.29 is 14.3 Å². The number of carbonyl (C=O) groups excluding carboxylic acids is 2. The van der Waals surface area contributed by atoms with Crippen molar-refractivity contribution in [2.75, 3.05) is 32.8 Å². The molecule has 3 rings (SSSR count). The van der Waals surface area contributed by atoms with Crippen molar-refractivity contribution in [3.63, 3.8) is 0 Å². The normalized spacial score (nSPS) is 17.1. The van der Waals surface area contributed by atoms with Gasteiger partial charge in [0.2, 0.25) is 5.91 Å². The third-order valence-corrected chi connectivity index (χ3v) is 4.69. The number of benzene rings is 2. The third kappa shape index (κ3) is 4.32. The first-order valence-corrected chi connectivity index (χ1v) is 9.05. The summed E-state index contributed by atoms with van der Waals surface area (Å²) in [6.07, 6.45) is 1.62. The second kappa shape index (κ2) is 8.67. The second-order valence-electron chi connectivity index (χ2n) is 6.52. The zero-order valence-corrected chi connectivity index (χ0v) is 14.8. The molecule has 0 aliphatic carbocycles. The second-order valence-corrected chi connectivity index (χ2v) is 6.52. The largest absolute Gasteiger partial charge is 0.483 e. The summed E-state index contributed by atoms with van der Waals surface area (Å²) in [7, 11) is 0. The van der Waals surface area contributed by atoms with Crippen LogP contribution in [-0.2, 0) is 9.59 Å². The summed E-state index contributed by atoms with van der Waals surface area (Å²) < 4.78 is 5.79. The molecule has 1 fully saturated rings. The SMILES string of the molecule is NCCNC(=O)C1CCCN(C(=O)COc2cccc3ccccc23)C1. The van der Waals surface area contributed by atoms with E-state index < -0.39 is 0 Å². The molecule has 26 heavy (non-hydrogen) atoms. The van der Waals surface area contributed by atoms with Crippen molar-refractivity contribution in [2.24, 2.45) is 11.7 Å². The molecule has 0 aromatic heterocycles. The number of ether oxygens (including phenoxy) is 1. The number of piperidine rings is 1. The van der Waals surface area contributed by atoms with E-state index in [1.807, 2.05) is 42.5 Å². The third-order valence-electron chi connectivity index (χ3n) is 4.69. The monoisotopic (exact) mass is 355 g/mol. The predicted molar refractivity (Wildman–Crippen MR) is 101 cm³/mol. The molecule has 0 spiro atoms. The molecule has 0 bridgehead atoms. The number of carbonyl (C=O) groups is 2. The van der Waals surface area contributed by atoms with Crippen molar-refractivity contribution in [3.8, 4) is 5.75 Å². The van der Waals surface area contributed by atoms with Gasteiger partial charge in [0, 0.05) is 31.6 Å². The first kappa shape index (κ1) is 18.2. The molecule has 1 atom stereocenters. The molecular weight excluding hydrogens is 330 g/mol. The van der Waals surface area contributed by atoms with Crippen LogP contribution < -0.4 is 15.8 Å². The van der Waals surface area contributed by atoms with Gasteiger partial charge < -0.3 is 20.7 Å². The summed E-state index contributed by atoms with van der Waals surface area (Å²) in [6, 6.07) is 13.7. The zero-order valence-electron chi connectivity index (χ0n) is 14.8. The summed E-state index contributed by atoms with van der Waals surface area (Å²) in [5.74, 6) is 0.416. The van der Waals surface area contributed by atoms with Crippen LogP contribution >= 0.6 is 0 Å². The lowest BCUT2D eigenvalue weighted by molar-refractivity contribution is -0.137. The Morgan fingerprint density at radius 3 is 2.85 bits per heavy atom. The molecule has 0 radical (unpaired) electrons. The fraction of sp³-hybridized carbons (Fsp3) is 0.400. The molecule has 1 aliphatic rings. The molecule has 3 N–H and O–H groups in total. The summed E-state index contributed by atoms with van der Waals surface area (Å²) in [4.78, 5) is 26.4. The fourth-order valence-electron chi connectivity index (χ4n) is 3.31. The van der Waals surface area contributed by atoms with Crippen molar-refractivity contribution >= 4 is 22.6 Å². The van der Waals surface area contributed by atoms with Crippen LogP contribution in [0.1, 0.15) is 12.8 Å². The standard InChI is InChI=1S/C20H25N3O3/c21-10-11-22-20(25)16-7-4-12-23(13-16)19(24)14-26-18-9-3-6-15-5-1-2-8-17(15)18/h1-3,5-6,8-9,16H,4,7,10-14,21H2,(H,22,25). The molecule has 6 nitrogen and oxygen atoms in total. The summed E-state index contributed by atoms with van der Waals surface area (Å²) in [5, 5.41) is 4.87. The van der Waals surface area contributed by atoms with Gasteiger partial charge in [-0.05, 0) is 24.3 Å². The van der Waals surface area contributed by atoms with E-state index >= 15 is 0 Å². The minimum Gasteiger partial charge on any atom is -0.483 e. The summed E-state index contributed by atoms with van der Waals surface area (Å²) >= 11 is 0. The number of rotatable bonds is 6. The number of nitrogens with two attached hydrogens (primary N) is 1. The maximum Gasteiger partial charge on any atom is 0.260 e. The number of fused-ring (bicyclic) bond motifs is 1. The van der Waals surface area contributed by atoms with E-state index in [4.69, 9.17) is 10.5 Å². The highest BCUT2D eigenvalue weighted by atomic mass is 16.5. The van der Waals surface area contributed by atoms with Crippen LogP contribution in [0.25, 0.3) is 10.8 Å². The van der Waals surface area contributed by atoms with Crippen LogP contribution in [-0.4, -0.2) is 49.5 Å². The van der Waals surface area contributed by atoms with Crippen molar-refractivity contribution in [1.82, 2.24) is 10.2 Å². The van der Waals surface area contributed by atoms with Gasteiger partial charge >= 0.3 is 0 Å². The Morgan fingerprint density at radius 1 is 1.19 bits per heavy atom. The Morgan fingerprint density at radius 2 is 2.00 bits per heavy atom. The average molecular weight is 355 g/mol. The number of hydrogen-bond acceptors (Lipinski definition) is 4. The topological polar surface area (TPSA) is 84.7 Å². The Balaban J connectivity index is 1.58. The van der Waals surface area contributed by atoms with Crippen LogP contribution in [0, 0.1) is 5.92 Å². The van der Waals surface area contributed by atoms with Gasteiger partial charge in [0.1, 0.15) is 5.75 Å². The van der Waals surface area contributed by atoms with Crippen LogP contribution in [0.4, 0.5) is 0 Å². The lowest BCUT2D eigenvalue weighted by atomic mass is 9.97. The average Bonchev–Trinajstić information content (AvgIpc) is 2.70. The molecular formula is C20H25N3O3. The Kier molecular flexibility index (Phi) is 6.07. The van der Waals surface area contributed by atoms with E-state index in [2.05, 4.69) is 5.32 Å². The highest BCUT2D eigenvalue weighted by Gasteiger charge is 2.28. The smallest absolute Gasteiger partial charge is 0.260 e. The van der Waals surface area contributed by atoms with E-state index in [0.717, 1.165) is 23.6 Å². The van der Waals surface area contributed by atoms with Crippen LogP contribution in [0.2, 0.25) is 0 Å². The molecule has 2 aromatic carbocycles. The molecule has 1 unspecified atom stereocenters. The fourth-order valence-corrected chi connectivity index (χ4v) is 3.31. The Hall–Kier alpha value is -2.60. The van der Waals surface area contributed by atoms with Crippen LogP contribution in [0.3, 0.4) is 0 Å². The van der Waals surface area contributed by atoms with Gasteiger partial charge in [-0.25, -0.2) is 0 Å². The van der Waals surface area contributed by atoms with Crippen LogP contribution in [0.15, 0.2) is 42.5 Å². The van der Waals surface area contributed by atoms with E-state index in [-0.39, 0.29) is 24.3 Å². The summed E-state index contributed by atoms with van der Waals surface area (Å²) in [5.41, 5.74) is 5.42. The van der Waals surface area contributed by atoms with Gasteiger partial charge in [-0.1, -0.05) is 36.4 Å². The van der Waals surface area contributed by atoms with Gasteiger partial charge in [0.05, 0.1) is 5.92 Å². The predicted octanol–water partition coefficient (Wildman–Crippen LogP) is 1.53. The Labute approximate surface area is 153 Å². The maximum absolute atomic E-state index is 12.5. The lowest BCUT2D eigenvalue weighted by Crippen LogP contribution is -2.47.